The van der Waals surface area contributed by atoms with Crippen LogP contribution in [0.15, 0.2) is 29.2 Å². The molecule has 0 saturated heterocycles. The molecule has 0 aromatic heterocycles. The molecule has 0 aliphatic rings. The maximum Gasteiger partial charge on any atom is 0.325 e. The maximum atomic E-state index is 12.6. The molecule has 0 radical (unpaired) electrons. The van der Waals surface area contributed by atoms with Crippen LogP contribution in [0.1, 0.15) is 52.0 Å². The number of rotatable bonds is 9. The fourth-order valence-electron chi connectivity index (χ4n) is 2.49. The zero-order valence-electron chi connectivity index (χ0n) is 15.4. The zero-order chi connectivity index (χ0) is 19.1. The molecule has 0 spiro atoms. The summed E-state index contributed by atoms with van der Waals surface area (Å²) in [6, 6.07) is 6.56. The number of aryl methyl sites for hydroxylation is 1. The highest BCUT2D eigenvalue weighted by Gasteiger charge is 2.33. The van der Waals surface area contributed by atoms with Gasteiger partial charge < -0.3 is 4.74 Å². The first-order valence-electron chi connectivity index (χ1n) is 8.49. The third-order valence-electron chi connectivity index (χ3n) is 4.18. The van der Waals surface area contributed by atoms with Gasteiger partial charge in [0.15, 0.2) is 0 Å². The molecule has 1 unspecified atom stereocenters. The first-order valence-corrected chi connectivity index (χ1v) is 10.0. The van der Waals surface area contributed by atoms with Crippen molar-refractivity contribution in [3.05, 3.63) is 41.2 Å². The van der Waals surface area contributed by atoms with E-state index in [4.69, 9.17) is 11.3 Å². The predicted molar refractivity (Wildman–Crippen MR) is 97.6 cm³/mol. The number of esters is 1. The second kappa shape index (κ2) is 9.00. The molecule has 0 aliphatic heterocycles. The van der Waals surface area contributed by atoms with E-state index in [-0.39, 0.29) is 17.3 Å². The Bertz CT molecular complexity index is 715. The molecule has 0 amide bonds. The smallest absolute Gasteiger partial charge is 0.325 e. The number of unbranched alkanes of at least 4 members (excludes halogenated alkanes) is 1. The largest absolute Gasteiger partial charge is 0.466 e. The number of nitrogens with zero attached hydrogens (tertiary/aromatic N) is 1. The van der Waals surface area contributed by atoms with Gasteiger partial charge in [-0.25, -0.2) is 15.0 Å². The zero-order valence-corrected chi connectivity index (χ0v) is 16.2. The summed E-state index contributed by atoms with van der Waals surface area (Å²) in [4.78, 5) is 15.4. The standard InChI is InChI=1S/C19H27NO4S/c1-6-24-18(21)19(3,4)14-8-7-9-17(20-5)25(22,23)16-12-10-15(2)11-13-16/h10-13,17H,6-9,14H2,1-4H3. The summed E-state index contributed by atoms with van der Waals surface area (Å²) in [7, 11) is -3.65. The summed E-state index contributed by atoms with van der Waals surface area (Å²) in [6.45, 7) is 14.9. The number of sulfone groups is 1. The lowest BCUT2D eigenvalue weighted by molar-refractivity contribution is -0.153. The van der Waals surface area contributed by atoms with Crippen molar-refractivity contribution in [2.75, 3.05) is 6.61 Å². The molecule has 25 heavy (non-hydrogen) atoms. The van der Waals surface area contributed by atoms with Crippen molar-refractivity contribution in [1.82, 2.24) is 0 Å². The Labute approximate surface area is 151 Å². The highest BCUT2D eigenvalue weighted by atomic mass is 32.2. The Morgan fingerprint density at radius 1 is 1.24 bits per heavy atom. The number of carbonyl (C=O) groups is 1. The SMILES string of the molecule is [C-]#[N+]C(CCCCC(C)(C)C(=O)OCC)S(=O)(=O)c1ccc(C)cc1. The molecule has 138 valence electrons. The van der Waals surface area contributed by atoms with E-state index >= 15 is 0 Å². The van der Waals surface area contributed by atoms with Crippen LogP contribution in [-0.4, -0.2) is 26.4 Å². The number of hydrogen-bond donors (Lipinski definition) is 0. The van der Waals surface area contributed by atoms with E-state index < -0.39 is 20.6 Å². The third-order valence-corrected chi connectivity index (χ3v) is 6.17. The van der Waals surface area contributed by atoms with Crippen molar-refractivity contribution in [1.29, 1.82) is 0 Å². The number of carbonyl (C=O) groups excluding carboxylic acids is 1. The maximum absolute atomic E-state index is 12.6. The Kier molecular flexibility index (Phi) is 7.62. The molecule has 1 rings (SSSR count). The van der Waals surface area contributed by atoms with Crippen LogP contribution in [0.2, 0.25) is 0 Å². The molecular weight excluding hydrogens is 338 g/mol. The quantitative estimate of drug-likeness (QED) is 0.374. The average Bonchev–Trinajstić information content (AvgIpc) is 2.55. The first kappa shape index (κ1) is 21.2. The summed E-state index contributed by atoms with van der Waals surface area (Å²) >= 11 is 0. The molecule has 6 heteroatoms. The van der Waals surface area contributed by atoms with E-state index in [1.165, 1.54) is 0 Å². The fourth-order valence-corrected chi connectivity index (χ4v) is 3.93. The second-order valence-corrected chi connectivity index (χ2v) is 8.90. The van der Waals surface area contributed by atoms with Gasteiger partial charge in [-0.1, -0.05) is 24.1 Å². The molecule has 0 heterocycles. The van der Waals surface area contributed by atoms with Crippen LogP contribution in [0.3, 0.4) is 0 Å². The topological polar surface area (TPSA) is 64.8 Å². The van der Waals surface area contributed by atoms with Crippen LogP contribution in [0.25, 0.3) is 4.85 Å². The van der Waals surface area contributed by atoms with Gasteiger partial charge in [0.1, 0.15) is 0 Å². The van der Waals surface area contributed by atoms with Gasteiger partial charge in [-0.05, 0) is 52.7 Å². The number of ether oxygens (including phenoxy) is 1. The molecule has 0 saturated carbocycles. The van der Waals surface area contributed by atoms with Gasteiger partial charge in [-0.2, -0.15) is 0 Å². The van der Waals surface area contributed by atoms with Gasteiger partial charge in [0.25, 0.3) is 9.84 Å². The first-order chi connectivity index (χ1) is 11.6. The second-order valence-electron chi connectivity index (χ2n) is 6.79. The van der Waals surface area contributed by atoms with E-state index in [1.54, 1.807) is 31.2 Å². The van der Waals surface area contributed by atoms with Crippen molar-refractivity contribution in [3.63, 3.8) is 0 Å². The Morgan fingerprint density at radius 2 is 1.84 bits per heavy atom. The van der Waals surface area contributed by atoms with Gasteiger partial charge in [0.2, 0.25) is 0 Å². The van der Waals surface area contributed by atoms with Crippen molar-refractivity contribution >= 4 is 15.8 Å². The van der Waals surface area contributed by atoms with Crippen LogP contribution >= 0.6 is 0 Å². The van der Waals surface area contributed by atoms with Gasteiger partial charge in [0.05, 0.1) is 16.9 Å². The van der Waals surface area contributed by atoms with Crippen molar-refractivity contribution < 1.29 is 17.9 Å². The van der Waals surface area contributed by atoms with Crippen molar-refractivity contribution in [3.8, 4) is 0 Å². The lowest BCUT2D eigenvalue weighted by Gasteiger charge is -2.22. The molecule has 0 fully saturated rings. The molecule has 1 atom stereocenters. The van der Waals surface area contributed by atoms with E-state index in [0.717, 1.165) is 5.56 Å². The molecule has 1 aromatic rings. The number of hydrogen-bond acceptors (Lipinski definition) is 4. The Balaban J connectivity index is 2.64. The van der Waals surface area contributed by atoms with E-state index in [2.05, 4.69) is 4.85 Å². The molecule has 0 aliphatic carbocycles. The van der Waals surface area contributed by atoms with Crippen LogP contribution < -0.4 is 0 Å². The van der Waals surface area contributed by atoms with Gasteiger partial charge in [-0.3, -0.25) is 9.64 Å². The minimum atomic E-state index is -3.65. The van der Waals surface area contributed by atoms with Crippen LogP contribution in [-0.2, 0) is 19.4 Å². The summed E-state index contributed by atoms with van der Waals surface area (Å²) in [5, 5.41) is -1.08. The summed E-state index contributed by atoms with van der Waals surface area (Å²) < 4.78 is 30.2. The monoisotopic (exact) mass is 365 g/mol. The Hall–Kier alpha value is -1.87. The summed E-state index contributed by atoms with van der Waals surface area (Å²) in [5.41, 5.74) is 0.374. The lowest BCUT2D eigenvalue weighted by atomic mass is 9.87. The minimum absolute atomic E-state index is 0.186. The van der Waals surface area contributed by atoms with Gasteiger partial charge in [0, 0.05) is 6.42 Å². The van der Waals surface area contributed by atoms with Gasteiger partial charge >= 0.3 is 11.3 Å². The molecule has 1 aromatic carbocycles. The van der Waals surface area contributed by atoms with E-state index in [1.807, 2.05) is 20.8 Å². The highest BCUT2D eigenvalue weighted by Crippen LogP contribution is 2.27. The highest BCUT2D eigenvalue weighted by molar-refractivity contribution is 7.92. The average molecular weight is 365 g/mol. The van der Waals surface area contributed by atoms with Gasteiger partial charge in [-0.15, -0.1) is 0 Å². The van der Waals surface area contributed by atoms with Crippen LogP contribution in [0, 0.1) is 18.9 Å². The normalized spacial score (nSPS) is 13.1. The molecule has 0 N–H and O–H groups in total. The Morgan fingerprint density at radius 3 is 2.36 bits per heavy atom. The minimum Gasteiger partial charge on any atom is -0.466 e. The van der Waals surface area contributed by atoms with E-state index in [9.17, 15) is 13.2 Å². The fraction of sp³-hybridized carbons (Fsp3) is 0.579. The summed E-state index contributed by atoms with van der Waals surface area (Å²) in [5.74, 6) is -0.246. The number of benzene rings is 1. The lowest BCUT2D eigenvalue weighted by Crippen LogP contribution is -2.26. The molecular formula is C19H27NO4S. The van der Waals surface area contributed by atoms with E-state index in [0.29, 0.717) is 25.9 Å². The third kappa shape index (κ3) is 5.86. The molecule has 0 bridgehead atoms. The summed E-state index contributed by atoms with van der Waals surface area (Å²) in [6.07, 6.45) is 2.10. The van der Waals surface area contributed by atoms with Crippen molar-refractivity contribution in [2.45, 2.75) is 63.6 Å². The van der Waals surface area contributed by atoms with Crippen LogP contribution in [0.4, 0.5) is 0 Å². The van der Waals surface area contributed by atoms with Crippen LogP contribution in [0.5, 0.6) is 0 Å². The van der Waals surface area contributed by atoms with Crippen molar-refractivity contribution in [2.24, 2.45) is 5.41 Å². The predicted octanol–water partition coefficient (Wildman–Crippen LogP) is 4.16. The molecule has 5 nitrogen and oxygen atoms in total.